The van der Waals surface area contributed by atoms with Gasteiger partial charge >= 0.3 is 0 Å². The second-order valence-electron chi connectivity index (χ2n) is 4.64. The summed E-state index contributed by atoms with van der Waals surface area (Å²) in [6, 6.07) is 8.66. The average Bonchev–Trinajstić information content (AvgIpc) is 2.23. The van der Waals surface area contributed by atoms with Crippen molar-refractivity contribution in [3.8, 4) is 0 Å². The second-order valence-corrected chi connectivity index (χ2v) is 4.64. The van der Waals surface area contributed by atoms with Crippen LogP contribution < -0.4 is 10.6 Å². The largest absolute Gasteiger partial charge is 0.353 e. The van der Waals surface area contributed by atoms with Crippen molar-refractivity contribution < 1.29 is 4.79 Å². The van der Waals surface area contributed by atoms with Crippen LogP contribution in [0.25, 0.3) is 0 Å². The number of amides is 1. The molecule has 0 unspecified atom stereocenters. The number of benzene rings is 1. The third kappa shape index (κ3) is 6.07. The molecular formula is C14H22N2O. The fourth-order valence-corrected chi connectivity index (χ4v) is 1.68. The van der Waals surface area contributed by atoms with Crippen molar-refractivity contribution in [1.82, 2.24) is 10.6 Å². The molecule has 0 saturated heterocycles. The fourth-order valence-electron chi connectivity index (χ4n) is 1.68. The van der Waals surface area contributed by atoms with Gasteiger partial charge in [0.25, 0.3) is 0 Å². The molecule has 0 radical (unpaired) electrons. The summed E-state index contributed by atoms with van der Waals surface area (Å²) in [5, 5.41) is 6.00. The van der Waals surface area contributed by atoms with Gasteiger partial charge < -0.3 is 10.6 Å². The minimum atomic E-state index is 0.0595. The highest BCUT2D eigenvalue weighted by molar-refractivity contribution is 5.78. The molecule has 0 aromatic heterocycles. The molecule has 17 heavy (non-hydrogen) atoms. The monoisotopic (exact) mass is 234 g/mol. The Kier molecular flexibility index (Phi) is 5.70. The van der Waals surface area contributed by atoms with Gasteiger partial charge in [-0.3, -0.25) is 4.79 Å². The smallest absolute Gasteiger partial charge is 0.234 e. The van der Waals surface area contributed by atoms with E-state index in [0.29, 0.717) is 6.54 Å². The Morgan fingerprint density at radius 2 is 2.12 bits per heavy atom. The van der Waals surface area contributed by atoms with Crippen molar-refractivity contribution in [2.75, 3.05) is 13.1 Å². The summed E-state index contributed by atoms with van der Waals surface area (Å²) in [7, 11) is 0. The second kappa shape index (κ2) is 7.07. The van der Waals surface area contributed by atoms with Crippen LogP contribution in [0.4, 0.5) is 0 Å². The zero-order valence-corrected chi connectivity index (χ0v) is 10.9. The maximum absolute atomic E-state index is 11.3. The Morgan fingerprint density at radius 3 is 2.76 bits per heavy atom. The van der Waals surface area contributed by atoms with E-state index < -0.39 is 0 Å². The molecule has 0 atom stereocenters. The normalized spacial score (nSPS) is 10.6. The molecule has 0 bridgehead atoms. The van der Waals surface area contributed by atoms with E-state index >= 15 is 0 Å². The van der Waals surface area contributed by atoms with Crippen molar-refractivity contribution in [3.05, 3.63) is 35.4 Å². The summed E-state index contributed by atoms with van der Waals surface area (Å²) in [6.07, 6.45) is 0.955. The highest BCUT2D eigenvalue weighted by Gasteiger charge is 2.01. The number of hydrogen-bond acceptors (Lipinski definition) is 2. The molecule has 0 spiro atoms. The van der Waals surface area contributed by atoms with Crippen LogP contribution in [0.15, 0.2) is 24.3 Å². The Labute approximate surface area is 104 Å². The van der Waals surface area contributed by atoms with Gasteiger partial charge in [-0.2, -0.15) is 0 Å². The molecular weight excluding hydrogens is 212 g/mol. The number of rotatable bonds is 6. The Morgan fingerprint density at radius 1 is 1.35 bits per heavy atom. The Balaban J connectivity index is 2.18. The highest BCUT2D eigenvalue weighted by Crippen LogP contribution is 2.03. The van der Waals surface area contributed by atoms with Gasteiger partial charge in [-0.05, 0) is 39.3 Å². The zero-order valence-electron chi connectivity index (χ0n) is 10.9. The molecule has 0 aliphatic carbocycles. The summed E-state index contributed by atoms with van der Waals surface area (Å²) in [4.78, 5) is 11.3. The lowest BCUT2D eigenvalue weighted by Crippen LogP contribution is -2.38. The third-order valence-electron chi connectivity index (χ3n) is 2.41. The summed E-state index contributed by atoms with van der Waals surface area (Å²) < 4.78 is 0. The van der Waals surface area contributed by atoms with Crippen LogP contribution in [0.1, 0.15) is 25.0 Å². The van der Waals surface area contributed by atoms with E-state index in [4.69, 9.17) is 0 Å². The first-order valence-corrected chi connectivity index (χ1v) is 6.13. The number of nitrogens with one attached hydrogen (secondary N) is 2. The summed E-state index contributed by atoms with van der Waals surface area (Å²) in [5.41, 5.74) is 2.59. The van der Waals surface area contributed by atoms with Gasteiger partial charge in [-0.25, -0.2) is 0 Å². The number of hydrogen-bond donors (Lipinski definition) is 2. The predicted molar refractivity (Wildman–Crippen MR) is 71.0 cm³/mol. The molecule has 0 aliphatic rings. The topological polar surface area (TPSA) is 41.1 Å². The molecule has 3 heteroatoms. The van der Waals surface area contributed by atoms with Crippen LogP contribution in [-0.2, 0) is 11.2 Å². The molecule has 0 saturated carbocycles. The maximum Gasteiger partial charge on any atom is 0.234 e. The average molecular weight is 234 g/mol. The number of carbonyl (C=O) groups excluding carboxylic acids is 1. The van der Waals surface area contributed by atoms with Crippen molar-refractivity contribution in [2.24, 2.45) is 0 Å². The van der Waals surface area contributed by atoms with E-state index in [1.807, 2.05) is 13.8 Å². The SMILES string of the molecule is Cc1cccc(CCNCC(=O)NC(C)C)c1. The van der Waals surface area contributed by atoms with Crippen molar-refractivity contribution in [2.45, 2.75) is 33.2 Å². The molecule has 0 heterocycles. The van der Waals surface area contributed by atoms with E-state index in [0.717, 1.165) is 13.0 Å². The lowest BCUT2D eigenvalue weighted by Gasteiger charge is -2.09. The van der Waals surface area contributed by atoms with Gasteiger partial charge in [0.2, 0.25) is 5.91 Å². The molecule has 1 aromatic carbocycles. The van der Waals surface area contributed by atoms with Crippen LogP contribution in [-0.4, -0.2) is 25.0 Å². The Bertz CT molecular complexity index is 361. The first kappa shape index (κ1) is 13.7. The van der Waals surface area contributed by atoms with Crippen LogP contribution in [0.2, 0.25) is 0 Å². The summed E-state index contributed by atoms with van der Waals surface area (Å²) in [5.74, 6) is 0.0595. The highest BCUT2D eigenvalue weighted by atomic mass is 16.1. The van der Waals surface area contributed by atoms with E-state index in [1.165, 1.54) is 11.1 Å². The van der Waals surface area contributed by atoms with Crippen molar-refractivity contribution in [1.29, 1.82) is 0 Å². The molecule has 94 valence electrons. The lowest BCUT2D eigenvalue weighted by atomic mass is 10.1. The minimum absolute atomic E-state index is 0.0595. The van der Waals surface area contributed by atoms with Crippen LogP contribution in [0.3, 0.4) is 0 Å². The van der Waals surface area contributed by atoms with Gasteiger partial charge in [-0.1, -0.05) is 29.8 Å². The summed E-state index contributed by atoms with van der Waals surface area (Å²) in [6.45, 7) is 7.24. The first-order valence-electron chi connectivity index (χ1n) is 6.13. The summed E-state index contributed by atoms with van der Waals surface area (Å²) >= 11 is 0. The molecule has 1 rings (SSSR count). The van der Waals surface area contributed by atoms with Gasteiger partial charge in [-0.15, -0.1) is 0 Å². The van der Waals surface area contributed by atoms with Gasteiger partial charge in [0.15, 0.2) is 0 Å². The first-order chi connectivity index (χ1) is 8.08. The Hall–Kier alpha value is -1.35. The van der Waals surface area contributed by atoms with E-state index in [2.05, 4.69) is 41.8 Å². The molecule has 1 aromatic rings. The number of aryl methyl sites for hydroxylation is 1. The molecule has 1 amide bonds. The maximum atomic E-state index is 11.3. The molecule has 2 N–H and O–H groups in total. The standard InChI is InChI=1S/C14H22N2O/c1-11(2)16-14(17)10-15-8-7-13-6-4-5-12(3)9-13/h4-6,9,11,15H,7-8,10H2,1-3H3,(H,16,17). The number of carbonyl (C=O) groups is 1. The van der Waals surface area contributed by atoms with Crippen LogP contribution in [0.5, 0.6) is 0 Å². The van der Waals surface area contributed by atoms with Crippen molar-refractivity contribution >= 4 is 5.91 Å². The van der Waals surface area contributed by atoms with E-state index in [9.17, 15) is 4.79 Å². The van der Waals surface area contributed by atoms with Gasteiger partial charge in [0.1, 0.15) is 0 Å². The third-order valence-corrected chi connectivity index (χ3v) is 2.41. The fraction of sp³-hybridized carbons (Fsp3) is 0.500. The van der Waals surface area contributed by atoms with Crippen LogP contribution in [0, 0.1) is 6.92 Å². The zero-order chi connectivity index (χ0) is 12.7. The molecule has 0 aliphatic heterocycles. The van der Waals surface area contributed by atoms with E-state index in [-0.39, 0.29) is 11.9 Å². The minimum Gasteiger partial charge on any atom is -0.353 e. The molecule has 3 nitrogen and oxygen atoms in total. The van der Waals surface area contributed by atoms with Crippen LogP contribution >= 0.6 is 0 Å². The molecule has 0 fully saturated rings. The lowest BCUT2D eigenvalue weighted by molar-refractivity contribution is -0.120. The predicted octanol–water partition coefficient (Wildman–Crippen LogP) is 1.65. The van der Waals surface area contributed by atoms with Crippen molar-refractivity contribution in [3.63, 3.8) is 0 Å². The quantitative estimate of drug-likeness (QED) is 0.735. The van der Waals surface area contributed by atoms with E-state index in [1.54, 1.807) is 0 Å². The van der Waals surface area contributed by atoms with Gasteiger partial charge in [0, 0.05) is 6.04 Å². The van der Waals surface area contributed by atoms with Gasteiger partial charge in [0.05, 0.1) is 6.54 Å².